The van der Waals surface area contributed by atoms with E-state index < -0.39 is 12.5 Å². The molecule has 2 amide bonds. The molecule has 0 saturated carbocycles. The number of hydrogen-bond donors (Lipinski definition) is 0. The van der Waals surface area contributed by atoms with Gasteiger partial charge in [-0.15, -0.1) is 0 Å². The number of ether oxygens (including phenoxy) is 4. The van der Waals surface area contributed by atoms with Crippen LogP contribution >= 0.6 is 11.8 Å². The Kier molecular flexibility index (Phi) is 13.3. The van der Waals surface area contributed by atoms with Gasteiger partial charge in [-0.3, -0.25) is 19.4 Å². The van der Waals surface area contributed by atoms with E-state index in [0.717, 1.165) is 24.3 Å². The van der Waals surface area contributed by atoms with E-state index in [9.17, 15) is 9.59 Å². The summed E-state index contributed by atoms with van der Waals surface area (Å²) in [4.78, 5) is 29.2. The lowest BCUT2D eigenvalue weighted by molar-refractivity contribution is 0.0774. The van der Waals surface area contributed by atoms with E-state index in [-0.39, 0.29) is 22.7 Å². The fraction of sp³-hybridized carbons (Fsp3) is 0.533. The lowest BCUT2D eigenvalue weighted by Gasteiger charge is -2.30. The van der Waals surface area contributed by atoms with Crippen molar-refractivity contribution in [3.05, 3.63) is 48.5 Å². The van der Waals surface area contributed by atoms with Gasteiger partial charge in [0.25, 0.3) is 10.5 Å². The molecule has 0 aromatic heterocycles. The monoisotopic (exact) mass is 560 g/mol. The molecule has 0 aliphatic carbocycles. The SMILES string of the molecule is CCC(C)Oc1ccc(OC(C)N(CC)C(=O)SC(=O)N(CC)C(C)Oc2ccc(OC(C)CC)cc2)cc1. The second-order valence-corrected chi connectivity index (χ2v) is 10.2. The minimum atomic E-state index is -0.566. The number of benzene rings is 2. The third-order valence-electron chi connectivity index (χ3n) is 6.29. The fourth-order valence-corrected chi connectivity index (χ4v) is 4.55. The van der Waals surface area contributed by atoms with Gasteiger partial charge >= 0.3 is 0 Å². The van der Waals surface area contributed by atoms with Crippen LogP contribution in [0.25, 0.3) is 0 Å². The highest BCUT2D eigenvalue weighted by atomic mass is 32.2. The maximum Gasteiger partial charge on any atom is 0.293 e. The molecular weight excluding hydrogens is 516 g/mol. The maximum absolute atomic E-state index is 13.1. The number of rotatable bonds is 14. The first-order chi connectivity index (χ1) is 18.6. The summed E-state index contributed by atoms with van der Waals surface area (Å²) in [6.45, 7) is 16.2. The maximum atomic E-state index is 13.1. The zero-order valence-corrected chi connectivity index (χ0v) is 25.3. The summed E-state index contributed by atoms with van der Waals surface area (Å²) in [6, 6.07) is 14.6. The predicted molar refractivity (Wildman–Crippen MR) is 157 cm³/mol. The normalized spacial score (nSPS) is 13.9. The minimum absolute atomic E-state index is 0.129. The Morgan fingerprint density at radius 3 is 1.13 bits per heavy atom. The Morgan fingerprint density at radius 1 is 0.590 bits per heavy atom. The van der Waals surface area contributed by atoms with Crippen molar-refractivity contribution in [2.45, 2.75) is 92.9 Å². The van der Waals surface area contributed by atoms with Crippen LogP contribution in [0.4, 0.5) is 9.59 Å². The highest BCUT2D eigenvalue weighted by Crippen LogP contribution is 2.25. The molecule has 4 atom stereocenters. The van der Waals surface area contributed by atoms with Crippen LogP contribution < -0.4 is 18.9 Å². The first kappa shape index (κ1) is 32.1. The van der Waals surface area contributed by atoms with Gasteiger partial charge in [0.15, 0.2) is 12.5 Å². The lowest BCUT2D eigenvalue weighted by Crippen LogP contribution is -2.43. The molecule has 0 fully saturated rings. The Labute approximate surface area is 237 Å². The second kappa shape index (κ2) is 16.1. The quantitative estimate of drug-likeness (QED) is 0.218. The van der Waals surface area contributed by atoms with Crippen LogP contribution in [0.5, 0.6) is 23.0 Å². The van der Waals surface area contributed by atoms with Gasteiger partial charge < -0.3 is 18.9 Å². The summed E-state index contributed by atoms with van der Waals surface area (Å²) >= 11 is 0.640. The van der Waals surface area contributed by atoms with E-state index in [1.165, 1.54) is 9.80 Å². The van der Waals surface area contributed by atoms with Gasteiger partial charge in [-0.25, -0.2) is 0 Å². The number of hydrogen-bond acceptors (Lipinski definition) is 7. The molecule has 8 nitrogen and oxygen atoms in total. The first-order valence-corrected chi connectivity index (χ1v) is 14.6. The molecule has 0 heterocycles. The highest BCUT2D eigenvalue weighted by Gasteiger charge is 2.28. The summed E-state index contributed by atoms with van der Waals surface area (Å²) in [5.41, 5.74) is 0. The molecule has 0 spiro atoms. The minimum Gasteiger partial charge on any atom is -0.491 e. The summed E-state index contributed by atoms with van der Waals surface area (Å²) < 4.78 is 23.6. The first-order valence-electron chi connectivity index (χ1n) is 13.8. The zero-order valence-electron chi connectivity index (χ0n) is 24.5. The van der Waals surface area contributed by atoms with Crippen molar-refractivity contribution in [1.29, 1.82) is 0 Å². The van der Waals surface area contributed by atoms with Crippen LogP contribution in [-0.4, -0.2) is 58.0 Å². The van der Waals surface area contributed by atoms with E-state index in [2.05, 4.69) is 13.8 Å². The van der Waals surface area contributed by atoms with E-state index >= 15 is 0 Å². The van der Waals surface area contributed by atoms with E-state index in [4.69, 9.17) is 18.9 Å². The van der Waals surface area contributed by atoms with Gasteiger partial charge in [0.2, 0.25) is 0 Å². The van der Waals surface area contributed by atoms with Gasteiger partial charge in [0, 0.05) is 24.9 Å². The molecule has 0 bridgehead atoms. The molecule has 39 heavy (non-hydrogen) atoms. The van der Waals surface area contributed by atoms with Gasteiger partial charge in [-0.05, 0) is 103 Å². The third-order valence-corrected chi connectivity index (χ3v) is 7.11. The molecule has 2 rings (SSSR count). The number of thioether (sulfide) groups is 1. The molecule has 216 valence electrons. The highest BCUT2D eigenvalue weighted by molar-refractivity contribution is 8.25. The Bertz CT molecular complexity index is 936. The zero-order chi connectivity index (χ0) is 28.9. The Morgan fingerprint density at radius 2 is 0.872 bits per heavy atom. The summed E-state index contributed by atoms with van der Waals surface area (Å²) in [5, 5.41) is -0.771. The van der Waals surface area contributed by atoms with Crippen LogP contribution in [0.1, 0.15) is 68.2 Å². The largest absolute Gasteiger partial charge is 0.491 e. The average Bonchev–Trinajstić information content (AvgIpc) is 2.91. The van der Waals surface area contributed by atoms with Crippen molar-refractivity contribution in [3.8, 4) is 23.0 Å². The Hall–Kier alpha value is -3.07. The van der Waals surface area contributed by atoms with E-state index in [1.807, 2.05) is 76.2 Å². The van der Waals surface area contributed by atoms with Crippen molar-refractivity contribution in [1.82, 2.24) is 9.80 Å². The molecule has 0 radical (unpaired) electrons. The molecule has 2 aromatic rings. The summed E-state index contributed by atoms with van der Waals surface area (Å²) in [5.74, 6) is 2.75. The molecule has 0 aliphatic rings. The fourth-order valence-electron chi connectivity index (χ4n) is 3.61. The standard InChI is InChI=1S/C30H44N2O6S/c1-9-21(5)35-25-13-17-27(18-14-25)37-23(7)31(11-3)29(33)39-30(34)32(12-4)24(8)38-28-19-15-26(16-20-28)36-22(6)10-2/h13-24H,9-12H2,1-8H3. The Balaban J connectivity index is 1.95. The number of amides is 2. The number of carbonyl (C=O) groups excluding carboxylic acids is 2. The number of carbonyl (C=O) groups is 2. The van der Waals surface area contributed by atoms with Crippen LogP contribution in [0, 0.1) is 0 Å². The van der Waals surface area contributed by atoms with Crippen LogP contribution in [0.3, 0.4) is 0 Å². The smallest absolute Gasteiger partial charge is 0.293 e. The average molecular weight is 561 g/mol. The van der Waals surface area contributed by atoms with Crippen molar-refractivity contribution in [2.24, 2.45) is 0 Å². The molecule has 0 saturated heterocycles. The third kappa shape index (κ3) is 10.2. The second-order valence-electron chi connectivity index (χ2n) is 9.26. The molecule has 4 unspecified atom stereocenters. The molecule has 2 aromatic carbocycles. The van der Waals surface area contributed by atoms with E-state index in [0.29, 0.717) is 36.4 Å². The predicted octanol–water partition coefficient (Wildman–Crippen LogP) is 7.81. The van der Waals surface area contributed by atoms with Gasteiger partial charge in [0.1, 0.15) is 23.0 Å². The summed E-state index contributed by atoms with van der Waals surface area (Å²) in [6.07, 6.45) is 0.960. The lowest BCUT2D eigenvalue weighted by atomic mass is 10.3. The van der Waals surface area contributed by atoms with Gasteiger partial charge in [0.05, 0.1) is 12.2 Å². The van der Waals surface area contributed by atoms with Crippen LogP contribution in [0.2, 0.25) is 0 Å². The summed E-state index contributed by atoms with van der Waals surface area (Å²) in [7, 11) is 0. The van der Waals surface area contributed by atoms with Crippen molar-refractivity contribution >= 4 is 22.2 Å². The molecule has 9 heteroatoms. The molecule has 0 aliphatic heterocycles. The van der Waals surface area contributed by atoms with Crippen molar-refractivity contribution in [3.63, 3.8) is 0 Å². The molecule has 0 N–H and O–H groups in total. The molecular formula is C30H44N2O6S. The van der Waals surface area contributed by atoms with Crippen molar-refractivity contribution < 1.29 is 28.5 Å². The van der Waals surface area contributed by atoms with Crippen LogP contribution in [0.15, 0.2) is 48.5 Å². The number of nitrogens with zero attached hydrogens (tertiary/aromatic N) is 2. The topological polar surface area (TPSA) is 77.5 Å². The van der Waals surface area contributed by atoms with E-state index in [1.54, 1.807) is 13.8 Å². The van der Waals surface area contributed by atoms with Gasteiger partial charge in [-0.2, -0.15) is 0 Å². The van der Waals surface area contributed by atoms with Crippen LogP contribution in [-0.2, 0) is 0 Å². The van der Waals surface area contributed by atoms with Crippen molar-refractivity contribution in [2.75, 3.05) is 13.1 Å². The van der Waals surface area contributed by atoms with Gasteiger partial charge in [-0.1, -0.05) is 13.8 Å².